The van der Waals surface area contributed by atoms with Gasteiger partial charge in [0, 0.05) is 31.7 Å². The van der Waals surface area contributed by atoms with Gasteiger partial charge in [0.25, 0.3) is 0 Å². The van der Waals surface area contributed by atoms with Crippen LogP contribution in [-0.4, -0.2) is 27.5 Å². The first kappa shape index (κ1) is 12.9. The summed E-state index contributed by atoms with van der Waals surface area (Å²) in [5, 5.41) is 0. The number of anilines is 1. The zero-order chi connectivity index (χ0) is 13.5. The molecule has 19 heavy (non-hydrogen) atoms. The Morgan fingerprint density at radius 2 is 2.11 bits per heavy atom. The van der Waals surface area contributed by atoms with E-state index >= 15 is 0 Å². The third-order valence-corrected chi connectivity index (χ3v) is 4.35. The Morgan fingerprint density at radius 3 is 2.95 bits per heavy atom. The Balaban J connectivity index is 1.97. The largest absolute Gasteiger partial charge is 0.353 e. The molecule has 2 aromatic rings. The van der Waals surface area contributed by atoms with Gasteiger partial charge in [-0.2, -0.15) is 0 Å². The predicted octanol–water partition coefficient (Wildman–Crippen LogP) is 3.51. The monoisotopic (exact) mass is 322 g/mol. The van der Waals surface area contributed by atoms with Crippen LogP contribution in [0.3, 0.4) is 0 Å². The van der Waals surface area contributed by atoms with Crippen LogP contribution in [0.5, 0.6) is 0 Å². The van der Waals surface area contributed by atoms with Gasteiger partial charge in [-0.05, 0) is 40.6 Å². The number of fused-ring (bicyclic) bond motifs is 1. The van der Waals surface area contributed by atoms with Gasteiger partial charge in [0.15, 0.2) is 11.5 Å². The maximum Gasteiger partial charge on any atom is 0.180 e. The van der Waals surface area contributed by atoms with Crippen LogP contribution in [0.1, 0.15) is 33.1 Å². The van der Waals surface area contributed by atoms with E-state index in [0.29, 0.717) is 5.41 Å². The van der Waals surface area contributed by atoms with E-state index in [9.17, 15) is 0 Å². The summed E-state index contributed by atoms with van der Waals surface area (Å²) < 4.78 is 2.89. The molecule has 0 spiro atoms. The second-order valence-corrected chi connectivity index (χ2v) is 6.86. The third-order valence-electron chi connectivity index (χ3n) is 3.97. The molecule has 0 radical (unpaired) electrons. The Kier molecular flexibility index (Phi) is 3.25. The van der Waals surface area contributed by atoms with E-state index in [0.717, 1.165) is 29.2 Å². The van der Waals surface area contributed by atoms with Crippen molar-refractivity contribution in [1.82, 2.24) is 14.4 Å². The van der Waals surface area contributed by atoms with Crippen molar-refractivity contribution in [3.05, 3.63) is 23.2 Å². The van der Waals surface area contributed by atoms with Gasteiger partial charge < -0.3 is 9.30 Å². The van der Waals surface area contributed by atoms with E-state index < -0.39 is 0 Å². The molecule has 0 bridgehead atoms. The molecule has 0 saturated carbocycles. The van der Waals surface area contributed by atoms with Crippen molar-refractivity contribution < 1.29 is 0 Å². The first-order valence-electron chi connectivity index (χ1n) is 6.79. The van der Waals surface area contributed by atoms with E-state index in [4.69, 9.17) is 0 Å². The van der Waals surface area contributed by atoms with Crippen LogP contribution in [-0.2, 0) is 0 Å². The number of hydrogen-bond donors (Lipinski definition) is 0. The van der Waals surface area contributed by atoms with Crippen molar-refractivity contribution in [2.75, 3.05) is 18.0 Å². The van der Waals surface area contributed by atoms with Crippen molar-refractivity contribution in [3.63, 3.8) is 0 Å². The molecule has 1 saturated heterocycles. The second kappa shape index (κ2) is 4.78. The fourth-order valence-corrected chi connectivity index (χ4v) is 3.12. The Morgan fingerprint density at radius 1 is 1.26 bits per heavy atom. The normalized spacial score (nSPS) is 19.6. The number of rotatable bonds is 1. The molecule has 0 unspecified atom stereocenters. The van der Waals surface area contributed by atoms with Gasteiger partial charge in [0.05, 0.1) is 0 Å². The minimum Gasteiger partial charge on any atom is -0.353 e. The van der Waals surface area contributed by atoms with Crippen LogP contribution in [0.2, 0.25) is 0 Å². The fraction of sp³-hybridized carbons (Fsp3) is 0.571. The molecule has 0 amide bonds. The van der Waals surface area contributed by atoms with E-state index in [1.54, 1.807) is 0 Å². The summed E-state index contributed by atoms with van der Waals surface area (Å²) in [6.07, 6.45) is 9.44. The molecule has 1 fully saturated rings. The fourth-order valence-electron chi connectivity index (χ4n) is 2.73. The third kappa shape index (κ3) is 2.61. The molecule has 0 atom stereocenters. The summed E-state index contributed by atoms with van der Waals surface area (Å²) in [5.41, 5.74) is 1.38. The molecule has 102 valence electrons. The Bertz CT molecular complexity index is 590. The van der Waals surface area contributed by atoms with E-state index in [-0.39, 0.29) is 0 Å². The minimum absolute atomic E-state index is 0.437. The van der Waals surface area contributed by atoms with Crippen LogP contribution in [0.25, 0.3) is 5.65 Å². The average Bonchev–Trinajstić information content (AvgIpc) is 2.72. The molecule has 0 N–H and O–H groups in total. The Hall–Kier alpha value is -1.10. The predicted molar refractivity (Wildman–Crippen MR) is 80.5 cm³/mol. The van der Waals surface area contributed by atoms with Crippen molar-refractivity contribution in [1.29, 1.82) is 0 Å². The summed E-state index contributed by atoms with van der Waals surface area (Å²) in [7, 11) is 0. The molecule has 3 heterocycles. The maximum absolute atomic E-state index is 4.65. The lowest BCUT2D eigenvalue weighted by atomic mass is 9.85. The second-order valence-electron chi connectivity index (χ2n) is 6.05. The molecule has 1 aliphatic rings. The molecule has 5 heteroatoms. The molecule has 1 aliphatic heterocycles. The topological polar surface area (TPSA) is 33.4 Å². The van der Waals surface area contributed by atoms with Crippen LogP contribution in [0.4, 0.5) is 5.82 Å². The van der Waals surface area contributed by atoms with Crippen LogP contribution in [0, 0.1) is 5.41 Å². The first-order chi connectivity index (χ1) is 9.05. The van der Waals surface area contributed by atoms with Gasteiger partial charge in [0.1, 0.15) is 4.60 Å². The van der Waals surface area contributed by atoms with Crippen molar-refractivity contribution in [3.8, 4) is 0 Å². The number of aromatic nitrogens is 3. The smallest absolute Gasteiger partial charge is 0.180 e. The molecular formula is C14H19BrN4. The molecule has 3 rings (SSSR count). The highest BCUT2D eigenvalue weighted by atomic mass is 79.9. The van der Waals surface area contributed by atoms with Crippen LogP contribution >= 0.6 is 15.9 Å². The molecule has 2 aromatic heterocycles. The number of halogens is 1. The molecule has 0 aliphatic carbocycles. The number of nitrogens with zero attached hydrogens (tertiary/aromatic N) is 4. The van der Waals surface area contributed by atoms with E-state index in [2.05, 4.69) is 44.6 Å². The van der Waals surface area contributed by atoms with Gasteiger partial charge in [-0.25, -0.2) is 9.97 Å². The van der Waals surface area contributed by atoms with E-state index in [1.807, 2.05) is 23.0 Å². The standard InChI is InChI=1S/C14H19BrN4/c1-14(2)4-3-7-18(8-5-14)13-12-16-6-9-19(12)10-11(15)17-13/h6,9-10H,3-5,7-8H2,1-2H3. The van der Waals surface area contributed by atoms with Crippen molar-refractivity contribution >= 4 is 27.4 Å². The van der Waals surface area contributed by atoms with Gasteiger partial charge in [-0.1, -0.05) is 13.8 Å². The van der Waals surface area contributed by atoms with Gasteiger partial charge in [-0.3, -0.25) is 0 Å². The lowest BCUT2D eigenvalue weighted by molar-refractivity contribution is 0.325. The SMILES string of the molecule is CC1(C)CCCN(c2nc(Br)cn3ccnc23)CC1. The highest BCUT2D eigenvalue weighted by Crippen LogP contribution is 2.32. The summed E-state index contributed by atoms with van der Waals surface area (Å²) in [6.45, 7) is 6.83. The van der Waals surface area contributed by atoms with Gasteiger partial charge >= 0.3 is 0 Å². The van der Waals surface area contributed by atoms with Gasteiger partial charge in [-0.15, -0.1) is 0 Å². The van der Waals surface area contributed by atoms with Crippen molar-refractivity contribution in [2.45, 2.75) is 33.1 Å². The van der Waals surface area contributed by atoms with Gasteiger partial charge in [0.2, 0.25) is 0 Å². The molecule has 4 nitrogen and oxygen atoms in total. The lowest BCUT2D eigenvalue weighted by Gasteiger charge is -2.24. The minimum atomic E-state index is 0.437. The zero-order valence-electron chi connectivity index (χ0n) is 11.4. The highest BCUT2D eigenvalue weighted by molar-refractivity contribution is 9.10. The molecule has 0 aromatic carbocycles. The Labute approximate surface area is 122 Å². The summed E-state index contributed by atoms with van der Waals surface area (Å²) in [6, 6.07) is 0. The van der Waals surface area contributed by atoms with Crippen molar-refractivity contribution in [2.24, 2.45) is 5.41 Å². The lowest BCUT2D eigenvalue weighted by Crippen LogP contribution is -2.26. The average molecular weight is 323 g/mol. The zero-order valence-corrected chi connectivity index (χ0v) is 13.0. The number of imidazole rings is 1. The quantitative estimate of drug-likeness (QED) is 0.805. The maximum atomic E-state index is 4.65. The van der Waals surface area contributed by atoms with Crippen LogP contribution < -0.4 is 4.90 Å². The summed E-state index contributed by atoms with van der Waals surface area (Å²) in [5.74, 6) is 0.997. The first-order valence-corrected chi connectivity index (χ1v) is 7.59. The molecular weight excluding hydrogens is 304 g/mol. The summed E-state index contributed by atoms with van der Waals surface area (Å²) >= 11 is 3.49. The van der Waals surface area contributed by atoms with E-state index in [1.165, 1.54) is 19.3 Å². The van der Waals surface area contributed by atoms with Crippen LogP contribution in [0.15, 0.2) is 23.2 Å². The number of hydrogen-bond acceptors (Lipinski definition) is 3. The highest BCUT2D eigenvalue weighted by Gasteiger charge is 2.25. The summed E-state index contributed by atoms with van der Waals surface area (Å²) in [4.78, 5) is 11.5.